The number of carbonyl (C=O) groups is 1. The van der Waals surface area contributed by atoms with E-state index in [-0.39, 0.29) is 11.3 Å². The summed E-state index contributed by atoms with van der Waals surface area (Å²) in [7, 11) is 0. The van der Waals surface area contributed by atoms with Crippen molar-refractivity contribution in [3.8, 4) is 0 Å². The molecule has 0 atom stereocenters. The smallest absolute Gasteiger partial charge is 0.250 e. The summed E-state index contributed by atoms with van der Waals surface area (Å²) < 4.78 is 0. The van der Waals surface area contributed by atoms with Crippen LogP contribution < -0.4 is 5.32 Å². The molecule has 20 heavy (non-hydrogen) atoms. The summed E-state index contributed by atoms with van der Waals surface area (Å²) in [6, 6.07) is 8.23. The minimum Gasteiger partial charge on any atom is -0.298 e. The second kappa shape index (κ2) is 6.01. The fraction of sp³-hybridized carbons (Fsp3) is 0.250. The molecule has 0 aliphatic carbocycles. The van der Waals surface area contributed by atoms with Crippen LogP contribution in [0.2, 0.25) is 0 Å². The van der Waals surface area contributed by atoms with Gasteiger partial charge in [-0.1, -0.05) is 45.0 Å². The van der Waals surface area contributed by atoms with Crippen molar-refractivity contribution < 1.29 is 4.79 Å². The molecule has 2 aromatic rings. The lowest BCUT2D eigenvalue weighted by Crippen LogP contribution is -2.10. The van der Waals surface area contributed by atoms with Crippen molar-refractivity contribution in [2.75, 3.05) is 5.32 Å². The van der Waals surface area contributed by atoms with E-state index in [0.29, 0.717) is 5.13 Å². The maximum atomic E-state index is 11.7. The molecule has 0 bridgehead atoms. The lowest BCUT2D eigenvalue weighted by atomic mass is 9.87. The van der Waals surface area contributed by atoms with Gasteiger partial charge in [0.05, 0.1) is 0 Å². The van der Waals surface area contributed by atoms with Crippen LogP contribution in [-0.4, -0.2) is 10.9 Å². The van der Waals surface area contributed by atoms with Crippen LogP contribution in [0, 0.1) is 0 Å². The number of nitrogens with zero attached hydrogens (tertiary/aromatic N) is 1. The second-order valence-corrected chi connectivity index (χ2v) is 6.43. The topological polar surface area (TPSA) is 42.0 Å². The Kier molecular flexibility index (Phi) is 4.35. The van der Waals surface area contributed by atoms with E-state index in [9.17, 15) is 4.79 Å². The lowest BCUT2D eigenvalue weighted by molar-refractivity contribution is -0.111. The van der Waals surface area contributed by atoms with Gasteiger partial charge in [0, 0.05) is 17.7 Å². The van der Waals surface area contributed by atoms with Gasteiger partial charge in [0.1, 0.15) is 0 Å². The fourth-order valence-corrected chi connectivity index (χ4v) is 2.23. The van der Waals surface area contributed by atoms with E-state index in [1.54, 1.807) is 12.3 Å². The molecular weight excluding hydrogens is 268 g/mol. The largest absolute Gasteiger partial charge is 0.298 e. The van der Waals surface area contributed by atoms with Crippen molar-refractivity contribution in [2.24, 2.45) is 0 Å². The molecule has 0 unspecified atom stereocenters. The Labute approximate surface area is 123 Å². The van der Waals surface area contributed by atoms with Gasteiger partial charge in [-0.25, -0.2) is 4.98 Å². The van der Waals surface area contributed by atoms with Crippen LogP contribution in [-0.2, 0) is 10.2 Å². The number of benzene rings is 1. The lowest BCUT2D eigenvalue weighted by Gasteiger charge is -2.18. The number of thiazole rings is 1. The third kappa shape index (κ3) is 4.03. The number of amides is 1. The van der Waals surface area contributed by atoms with Crippen molar-refractivity contribution in [1.82, 2.24) is 4.98 Å². The van der Waals surface area contributed by atoms with Gasteiger partial charge in [0.2, 0.25) is 5.91 Å². The van der Waals surface area contributed by atoms with Crippen molar-refractivity contribution in [2.45, 2.75) is 26.2 Å². The van der Waals surface area contributed by atoms with E-state index >= 15 is 0 Å². The Balaban J connectivity index is 1.99. The summed E-state index contributed by atoms with van der Waals surface area (Å²) in [6.45, 7) is 6.54. The first-order chi connectivity index (χ1) is 9.45. The average Bonchev–Trinajstić information content (AvgIpc) is 2.88. The zero-order chi connectivity index (χ0) is 14.6. The van der Waals surface area contributed by atoms with Gasteiger partial charge >= 0.3 is 0 Å². The predicted octanol–water partition coefficient (Wildman–Crippen LogP) is 4.09. The van der Waals surface area contributed by atoms with E-state index in [1.807, 2.05) is 17.5 Å². The molecule has 1 amide bonds. The molecule has 1 heterocycles. The second-order valence-electron chi connectivity index (χ2n) is 5.53. The van der Waals surface area contributed by atoms with Gasteiger partial charge in [-0.2, -0.15) is 0 Å². The Morgan fingerprint density at radius 1 is 1.25 bits per heavy atom. The number of anilines is 1. The number of carbonyl (C=O) groups excluding carboxylic acids is 1. The van der Waals surface area contributed by atoms with Crippen molar-refractivity contribution in [1.29, 1.82) is 0 Å². The van der Waals surface area contributed by atoms with Crippen molar-refractivity contribution in [3.05, 3.63) is 53.0 Å². The van der Waals surface area contributed by atoms with E-state index in [4.69, 9.17) is 0 Å². The van der Waals surface area contributed by atoms with E-state index in [1.165, 1.54) is 23.0 Å². The van der Waals surface area contributed by atoms with E-state index < -0.39 is 0 Å². The number of hydrogen-bond acceptors (Lipinski definition) is 3. The predicted molar refractivity (Wildman–Crippen MR) is 84.9 cm³/mol. The van der Waals surface area contributed by atoms with Gasteiger partial charge < -0.3 is 0 Å². The molecule has 2 rings (SSSR count). The summed E-state index contributed by atoms with van der Waals surface area (Å²) in [4.78, 5) is 15.7. The summed E-state index contributed by atoms with van der Waals surface area (Å²) in [5.41, 5.74) is 2.43. The molecule has 0 aliphatic heterocycles. The normalized spacial score (nSPS) is 11.8. The van der Waals surface area contributed by atoms with Crippen LogP contribution in [0.5, 0.6) is 0 Å². The zero-order valence-corrected chi connectivity index (χ0v) is 12.7. The van der Waals surface area contributed by atoms with E-state index in [0.717, 1.165) is 5.56 Å². The molecular formula is C16H18N2OS. The van der Waals surface area contributed by atoms with Gasteiger partial charge in [-0.3, -0.25) is 10.1 Å². The SMILES string of the molecule is CC(C)(C)c1ccc(/C=C/C(=O)Nc2nccs2)cc1. The van der Waals surface area contributed by atoms with Crippen LogP contribution >= 0.6 is 11.3 Å². The van der Waals surface area contributed by atoms with Crippen LogP contribution in [0.4, 0.5) is 5.13 Å². The highest BCUT2D eigenvalue weighted by Gasteiger charge is 2.12. The van der Waals surface area contributed by atoms with Crippen LogP contribution in [0.25, 0.3) is 6.08 Å². The number of nitrogens with one attached hydrogen (secondary N) is 1. The van der Waals surface area contributed by atoms with E-state index in [2.05, 4.69) is 43.2 Å². The minimum absolute atomic E-state index is 0.143. The molecule has 0 saturated heterocycles. The summed E-state index contributed by atoms with van der Waals surface area (Å²) in [5, 5.41) is 5.15. The fourth-order valence-electron chi connectivity index (χ4n) is 1.70. The Hall–Kier alpha value is -1.94. The summed E-state index contributed by atoms with van der Waals surface area (Å²) in [6.07, 6.45) is 4.98. The Bertz CT molecular complexity index is 592. The summed E-state index contributed by atoms with van der Waals surface area (Å²) in [5.74, 6) is -0.167. The third-order valence-corrected chi connectivity index (χ3v) is 3.55. The summed E-state index contributed by atoms with van der Waals surface area (Å²) >= 11 is 1.40. The first-order valence-corrected chi connectivity index (χ1v) is 7.32. The molecule has 0 saturated carbocycles. The third-order valence-electron chi connectivity index (χ3n) is 2.87. The number of aromatic nitrogens is 1. The van der Waals surface area contributed by atoms with Gasteiger partial charge in [0.15, 0.2) is 5.13 Å². The van der Waals surface area contributed by atoms with Gasteiger partial charge in [0.25, 0.3) is 0 Å². The molecule has 1 aromatic carbocycles. The highest BCUT2D eigenvalue weighted by atomic mass is 32.1. The van der Waals surface area contributed by atoms with Crippen LogP contribution in [0.3, 0.4) is 0 Å². The molecule has 4 heteroatoms. The molecule has 1 aromatic heterocycles. The number of hydrogen-bond donors (Lipinski definition) is 1. The molecule has 0 fully saturated rings. The minimum atomic E-state index is -0.167. The van der Waals surface area contributed by atoms with Crippen LogP contribution in [0.15, 0.2) is 41.9 Å². The first-order valence-electron chi connectivity index (χ1n) is 6.44. The monoisotopic (exact) mass is 286 g/mol. The van der Waals surface area contributed by atoms with Gasteiger partial charge in [-0.15, -0.1) is 11.3 Å². The average molecular weight is 286 g/mol. The maximum Gasteiger partial charge on any atom is 0.250 e. The first kappa shape index (κ1) is 14.5. The quantitative estimate of drug-likeness (QED) is 0.863. The number of rotatable bonds is 3. The molecule has 104 valence electrons. The molecule has 3 nitrogen and oxygen atoms in total. The van der Waals surface area contributed by atoms with Crippen LogP contribution in [0.1, 0.15) is 31.9 Å². The Morgan fingerprint density at radius 2 is 1.95 bits per heavy atom. The molecule has 0 spiro atoms. The van der Waals surface area contributed by atoms with Gasteiger partial charge in [-0.05, 0) is 22.6 Å². The zero-order valence-electron chi connectivity index (χ0n) is 11.9. The van der Waals surface area contributed by atoms with Crippen molar-refractivity contribution >= 4 is 28.5 Å². The maximum absolute atomic E-state index is 11.7. The van der Waals surface area contributed by atoms with Crippen molar-refractivity contribution in [3.63, 3.8) is 0 Å². The highest BCUT2D eigenvalue weighted by molar-refractivity contribution is 7.13. The highest BCUT2D eigenvalue weighted by Crippen LogP contribution is 2.22. The Morgan fingerprint density at radius 3 is 2.50 bits per heavy atom. The standard InChI is InChI=1S/C16H18N2OS/c1-16(2,3)13-7-4-12(5-8-13)6-9-14(19)18-15-17-10-11-20-15/h4-11H,1-3H3,(H,17,18,19)/b9-6+. The molecule has 0 radical (unpaired) electrons. The molecule has 0 aliphatic rings. The molecule has 1 N–H and O–H groups in total.